The summed E-state index contributed by atoms with van der Waals surface area (Å²) in [7, 11) is 0. The van der Waals surface area contributed by atoms with Crippen LogP contribution in [0.5, 0.6) is 5.75 Å². The van der Waals surface area contributed by atoms with E-state index in [0.29, 0.717) is 11.4 Å². The summed E-state index contributed by atoms with van der Waals surface area (Å²) in [6.07, 6.45) is 0.485. The number of carboxylic acids is 1. The van der Waals surface area contributed by atoms with Gasteiger partial charge in [0.15, 0.2) is 6.61 Å². The number of thiazole rings is 1. The Labute approximate surface area is 271 Å². The lowest BCUT2D eigenvalue weighted by atomic mass is 9.68. The zero-order chi connectivity index (χ0) is 31.7. The van der Waals surface area contributed by atoms with Crippen LogP contribution >= 0.6 is 23.1 Å². The van der Waals surface area contributed by atoms with Crippen LogP contribution < -0.4 is 14.9 Å². The molecule has 3 heterocycles. The Kier molecular flexibility index (Phi) is 7.02. The number of carboxylic acid groups (broad SMARTS) is 1. The fourth-order valence-corrected chi connectivity index (χ4v) is 11.2. The molecule has 3 amide bonds. The monoisotopic (exact) mass is 655 g/mol. The lowest BCUT2D eigenvalue weighted by Gasteiger charge is -2.43. The van der Waals surface area contributed by atoms with Crippen molar-refractivity contribution in [3.05, 3.63) is 86.8 Å². The summed E-state index contributed by atoms with van der Waals surface area (Å²) in [5.41, 5.74) is 1.69. The molecule has 8 rings (SSSR count). The number of hydrogen-bond acceptors (Lipinski definition) is 8. The quantitative estimate of drug-likeness (QED) is 0.235. The molecule has 234 valence electrons. The minimum Gasteiger partial charge on any atom is -0.484 e. The van der Waals surface area contributed by atoms with Crippen molar-refractivity contribution >= 4 is 63.2 Å². The van der Waals surface area contributed by atoms with Crippen LogP contribution in [0.4, 0.5) is 5.69 Å². The Morgan fingerprint density at radius 3 is 2.48 bits per heavy atom. The third-order valence-electron chi connectivity index (χ3n) is 10.0. The summed E-state index contributed by atoms with van der Waals surface area (Å²) < 4.78 is 5.84. The number of nitrogens with one attached hydrogen (secondary N) is 2. The van der Waals surface area contributed by atoms with Gasteiger partial charge in [0.2, 0.25) is 11.8 Å². The van der Waals surface area contributed by atoms with Gasteiger partial charge in [-0.2, -0.15) is 0 Å². The van der Waals surface area contributed by atoms with Crippen LogP contribution in [0.2, 0.25) is 0 Å². The van der Waals surface area contributed by atoms with Gasteiger partial charge in [-0.3, -0.25) is 28.9 Å². The largest absolute Gasteiger partial charge is 0.484 e. The van der Waals surface area contributed by atoms with Crippen molar-refractivity contribution in [1.82, 2.24) is 9.88 Å². The molecule has 46 heavy (non-hydrogen) atoms. The summed E-state index contributed by atoms with van der Waals surface area (Å²) in [4.78, 5) is 68.4. The standard InChI is InChI=1S/C34H29N3O7S2/c38-23(35-22-7-3-5-16-4-1-2-6-19(16)22)15-44-18-10-8-17(9-11-18)25-26-20-14-21(29(26)45-31-30(25)46-34(43)36-31)28-27(20)32(41)37(33(28)42)13-12-24(39)40/h1-11,20-21,25-29H,12-15H2,(H,35,38)(H,36,43)(H,39,40)/t20?,21?,25-,26?,27?,28?,29?/m1/s1. The lowest BCUT2D eigenvalue weighted by Crippen LogP contribution is -2.42. The number of carbonyl (C=O) groups excluding carboxylic acids is 3. The number of imide groups is 1. The van der Waals surface area contributed by atoms with Crippen molar-refractivity contribution in [3.8, 4) is 5.75 Å². The Hall–Kier alpha value is -4.42. The van der Waals surface area contributed by atoms with Gasteiger partial charge >= 0.3 is 10.8 Å². The highest BCUT2D eigenvalue weighted by molar-refractivity contribution is 8.00. The number of H-pyrrole nitrogens is 1. The lowest BCUT2D eigenvalue weighted by molar-refractivity contribution is -0.142. The number of hydrogen-bond donors (Lipinski definition) is 3. The molecule has 3 fully saturated rings. The second kappa shape index (κ2) is 11.1. The van der Waals surface area contributed by atoms with Gasteiger partial charge in [0.25, 0.3) is 5.91 Å². The zero-order valence-corrected chi connectivity index (χ0v) is 26.0. The molecule has 2 aliphatic heterocycles. The number of fused-ring (bicyclic) bond motifs is 10. The molecule has 12 heteroatoms. The van der Waals surface area contributed by atoms with E-state index < -0.39 is 17.8 Å². The topological polar surface area (TPSA) is 146 Å². The van der Waals surface area contributed by atoms with E-state index in [2.05, 4.69) is 10.3 Å². The van der Waals surface area contributed by atoms with Gasteiger partial charge in [-0.05, 0) is 53.3 Å². The third kappa shape index (κ3) is 4.65. The molecule has 3 N–H and O–H groups in total. The summed E-state index contributed by atoms with van der Waals surface area (Å²) in [6, 6.07) is 21.1. The molecular formula is C34H29N3O7S2. The predicted octanol–water partition coefficient (Wildman–Crippen LogP) is 4.56. The number of rotatable bonds is 8. The molecule has 7 atom stereocenters. The molecule has 1 aromatic heterocycles. The first kappa shape index (κ1) is 29.0. The number of benzene rings is 3. The highest BCUT2D eigenvalue weighted by Gasteiger charge is 2.69. The molecule has 4 aliphatic rings. The van der Waals surface area contributed by atoms with Crippen LogP contribution in [0, 0.1) is 29.6 Å². The molecular weight excluding hydrogens is 627 g/mol. The van der Waals surface area contributed by atoms with Crippen molar-refractivity contribution in [2.75, 3.05) is 18.5 Å². The van der Waals surface area contributed by atoms with Crippen LogP contribution in [-0.4, -0.2) is 57.1 Å². The van der Waals surface area contributed by atoms with E-state index in [1.165, 1.54) is 16.2 Å². The zero-order valence-electron chi connectivity index (χ0n) is 24.4. The maximum atomic E-state index is 13.5. The molecule has 0 radical (unpaired) electrons. The fraction of sp³-hybridized carbons (Fsp3) is 0.324. The second-order valence-corrected chi connectivity index (χ2v) is 14.6. The number of aromatic amines is 1. The van der Waals surface area contributed by atoms with Gasteiger partial charge in [0.1, 0.15) is 5.75 Å². The van der Waals surface area contributed by atoms with Crippen LogP contribution in [-0.2, 0) is 19.2 Å². The molecule has 0 spiro atoms. The number of anilines is 1. The third-order valence-corrected chi connectivity index (χ3v) is 12.6. The summed E-state index contributed by atoms with van der Waals surface area (Å²) in [5.74, 6) is -2.42. The second-order valence-electron chi connectivity index (χ2n) is 12.4. The van der Waals surface area contributed by atoms with Crippen molar-refractivity contribution < 1.29 is 29.0 Å². The Balaban J connectivity index is 1.02. The Bertz CT molecular complexity index is 1970. The van der Waals surface area contributed by atoms with E-state index in [9.17, 15) is 24.0 Å². The molecule has 1 saturated heterocycles. The van der Waals surface area contributed by atoms with Crippen LogP contribution in [0.1, 0.15) is 29.2 Å². The van der Waals surface area contributed by atoms with Crippen molar-refractivity contribution in [1.29, 1.82) is 0 Å². The van der Waals surface area contributed by atoms with E-state index in [-0.39, 0.29) is 71.1 Å². The highest BCUT2D eigenvalue weighted by Crippen LogP contribution is 2.68. The molecule has 10 nitrogen and oxygen atoms in total. The van der Waals surface area contributed by atoms with Crippen molar-refractivity contribution in [3.63, 3.8) is 0 Å². The molecule has 2 bridgehead atoms. The molecule has 6 unspecified atom stereocenters. The summed E-state index contributed by atoms with van der Waals surface area (Å²) in [5, 5.41) is 14.9. The van der Waals surface area contributed by atoms with Crippen molar-refractivity contribution in [2.24, 2.45) is 29.6 Å². The van der Waals surface area contributed by atoms with Crippen molar-refractivity contribution in [2.45, 2.75) is 29.0 Å². The Morgan fingerprint density at radius 2 is 1.70 bits per heavy atom. The number of aliphatic carboxylic acids is 1. The van der Waals surface area contributed by atoms with Crippen LogP contribution in [0.15, 0.2) is 76.6 Å². The minimum atomic E-state index is -1.05. The number of aromatic nitrogens is 1. The molecule has 2 saturated carbocycles. The maximum Gasteiger partial charge on any atom is 0.305 e. The minimum absolute atomic E-state index is 0.0295. The number of ether oxygens (including phenoxy) is 1. The van der Waals surface area contributed by atoms with Gasteiger partial charge < -0.3 is 20.1 Å². The van der Waals surface area contributed by atoms with Crippen LogP contribution in [0.25, 0.3) is 10.8 Å². The van der Waals surface area contributed by atoms with E-state index in [1.807, 2.05) is 66.7 Å². The molecule has 3 aromatic carbocycles. The summed E-state index contributed by atoms with van der Waals surface area (Å²) >= 11 is 2.79. The smallest absolute Gasteiger partial charge is 0.305 e. The fourth-order valence-electron chi connectivity index (χ4n) is 8.32. The highest BCUT2D eigenvalue weighted by atomic mass is 32.2. The first-order valence-electron chi connectivity index (χ1n) is 15.3. The van der Waals surface area contributed by atoms with Gasteiger partial charge in [0, 0.05) is 33.7 Å². The van der Waals surface area contributed by atoms with E-state index >= 15 is 0 Å². The number of amides is 3. The van der Waals surface area contributed by atoms with Gasteiger partial charge in [-0.15, -0.1) is 11.8 Å². The average Bonchev–Trinajstić information content (AvgIpc) is 3.78. The maximum absolute atomic E-state index is 13.5. The van der Waals surface area contributed by atoms with Gasteiger partial charge in [0.05, 0.1) is 23.3 Å². The number of likely N-dealkylation sites (tertiary alicyclic amines) is 1. The van der Waals surface area contributed by atoms with Crippen LogP contribution in [0.3, 0.4) is 0 Å². The van der Waals surface area contributed by atoms with E-state index in [0.717, 1.165) is 32.7 Å². The Morgan fingerprint density at radius 1 is 0.957 bits per heavy atom. The van der Waals surface area contributed by atoms with Gasteiger partial charge in [-0.25, -0.2) is 0 Å². The normalized spacial score (nSPS) is 27.4. The number of nitrogens with zero attached hydrogens (tertiary/aromatic N) is 1. The number of carbonyl (C=O) groups is 4. The SMILES string of the molecule is O=C(O)CCN1C(=O)C2C3CC(C2C1=O)C1C3Sc2[nH]c(=O)sc2[C@@H]1c1ccc(OCC(=O)Nc2cccc3ccccc23)cc1. The molecule has 4 aromatic rings. The predicted molar refractivity (Wildman–Crippen MR) is 172 cm³/mol. The van der Waals surface area contributed by atoms with Gasteiger partial charge in [-0.1, -0.05) is 59.9 Å². The number of thioether (sulfide) groups is 1. The average molecular weight is 656 g/mol. The molecule has 2 aliphatic carbocycles. The van der Waals surface area contributed by atoms with E-state index in [4.69, 9.17) is 9.84 Å². The van der Waals surface area contributed by atoms with E-state index in [1.54, 1.807) is 11.8 Å². The first-order chi connectivity index (χ1) is 22.3. The first-order valence-corrected chi connectivity index (χ1v) is 16.9. The summed E-state index contributed by atoms with van der Waals surface area (Å²) in [6.45, 7) is -0.272.